The Bertz CT molecular complexity index is 976. The van der Waals surface area contributed by atoms with Gasteiger partial charge in [-0.1, -0.05) is 32.9 Å². The van der Waals surface area contributed by atoms with E-state index in [4.69, 9.17) is 4.74 Å². The Morgan fingerprint density at radius 3 is 2.68 bits per heavy atom. The quantitative estimate of drug-likeness (QED) is 0.817. The highest BCUT2D eigenvalue weighted by molar-refractivity contribution is 7.89. The van der Waals surface area contributed by atoms with Gasteiger partial charge in [0.25, 0.3) is 5.91 Å². The molecule has 28 heavy (non-hydrogen) atoms. The lowest BCUT2D eigenvalue weighted by Gasteiger charge is -2.20. The van der Waals surface area contributed by atoms with Crippen LogP contribution in [0.3, 0.4) is 0 Å². The van der Waals surface area contributed by atoms with Crippen LogP contribution in [0.1, 0.15) is 37.0 Å². The minimum absolute atomic E-state index is 0.0403. The Labute approximate surface area is 165 Å². The maximum atomic E-state index is 13.2. The summed E-state index contributed by atoms with van der Waals surface area (Å²) in [4.78, 5) is 17.2. The molecule has 3 rings (SSSR count). The van der Waals surface area contributed by atoms with E-state index in [1.165, 1.54) is 17.7 Å². The second kappa shape index (κ2) is 7.65. The number of nitrogens with one attached hydrogen (secondary N) is 1. The van der Waals surface area contributed by atoms with Crippen LogP contribution in [0.2, 0.25) is 0 Å². The monoisotopic (exact) mass is 406 g/mol. The number of amides is 1. The number of carbonyl (C=O) groups is 1. The molecule has 1 aliphatic rings. The van der Waals surface area contributed by atoms with Gasteiger partial charge in [0, 0.05) is 20.2 Å². The Morgan fingerprint density at radius 2 is 2.00 bits per heavy atom. The molecule has 0 fully saturated rings. The molecule has 0 aliphatic carbocycles. The first kappa shape index (κ1) is 20.5. The first-order chi connectivity index (χ1) is 13.1. The fraction of sp³-hybridized carbons (Fsp3) is 0.474. The highest BCUT2D eigenvalue weighted by atomic mass is 32.2. The van der Waals surface area contributed by atoms with Gasteiger partial charge >= 0.3 is 0 Å². The number of para-hydroxylation sites is 1. The Morgan fingerprint density at radius 1 is 1.29 bits per heavy atom. The molecule has 0 radical (unpaired) electrons. The van der Waals surface area contributed by atoms with Crippen molar-refractivity contribution in [1.82, 2.24) is 19.2 Å². The second-order valence-corrected chi connectivity index (χ2v) is 9.86. The topological polar surface area (TPSA) is 93.5 Å². The third-order valence-electron chi connectivity index (χ3n) is 4.47. The highest BCUT2D eigenvalue weighted by Gasteiger charge is 2.34. The van der Waals surface area contributed by atoms with Gasteiger partial charge in [0.2, 0.25) is 10.0 Å². The summed E-state index contributed by atoms with van der Waals surface area (Å²) in [6.45, 7) is 7.03. The van der Waals surface area contributed by atoms with Gasteiger partial charge in [-0.05, 0) is 17.5 Å². The number of ether oxygens (including phenoxy) is 1. The molecule has 1 aromatic heterocycles. The van der Waals surface area contributed by atoms with Crippen molar-refractivity contribution in [2.75, 3.05) is 26.8 Å². The summed E-state index contributed by atoms with van der Waals surface area (Å²) in [5.41, 5.74) is 1.18. The summed E-state index contributed by atoms with van der Waals surface area (Å²) in [7, 11) is -2.21. The third kappa shape index (κ3) is 3.96. The number of carbonyl (C=O) groups excluding carboxylic acids is 1. The van der Waals surface area contributed by atoms with E-state index in [1.807, 2.05) is 20.8 Å². The van der Waals surface area contributed by atoms with Gasteiger partial charge in [0.1, 0.15) is 11.2 Å². The lowest BCUT2D eigenvalue weighted by molar-refractivity contribution is 0.0933. The van der Waals surface area contributed by atoms with Crippen LogP contribution in [0.25, 0.3) is 5.69 Å². The van der Waals surface area contributed by atoms with Crippen LogP contribution in [0, 0.1) is 5.41 Å². The lowest BCUT2D eigenvalue weighted by atomic mass is 9.97. The summed E-state index contributed by atoms with van der Waals surface area (Å²) < 4.78 is 34.4. The molecule has 1 N–H and O–H groups in total. The number of benzene rings is 1. The SMILES string of the molecule is COCCN1Cc2c(C(=O)NCC(C)(C)C)ncn2-c2ccccc2S1(=O)=O. The average molecular weight is 407 g/mol. The fourth-order valence-corrected chi connectivity index (χ4v) is 4.58. The van der Waals surface area contributed by atoms with Crippen LogP contribution in [-0.4, -0.2) is 55.0 Å². The van der Waals surface area contributed by atoms with E-state index in [-0.39, 0.29) is 41.6 Å². The van der Waals surface area contributed by atoms with E-state index < -0.39 is 10.0 Å². The minimum Gasteiger partial charge on any atom is -0.383 e. The summed E-state index contributed by atoms with van der Waals surface area (Å²) in [6, 6.07) is 6.74. The van der Waals surface area contributed by atoms with Crippen molar-refractivity contribution in [3.05, 3.63) is 42.0 Å². The molecule has 1 aliphatic heterocycles. The number of imidazole rings is 1. The van der Waals surface area contributed by atoms with E-state index in [9.17, 15) is 13.2 Å². The third-order valence-corrected chi connectivity index (χ3v) is 6.37. The first-order valence-electron chi connectivity index (χ1n) is 9.08. The summed E-state index contributed by atoms with van der Waals surface area (Å²) >= 11 is 0. The van der Waals surface area contributed by atoms with Crippen molar-refractivity contribution in [3.63, 3.8) is 0 Å². The number of sulfonamides is 1. The maximum absolute atomic E-state index is 13.2. The number of methoxy groups -OCH3 is 1. The number of aromatic nitrogens is 2. The standard InChI is InChI=1S/C19H26N4O4S/c1-19(2,3)12-20-18(24)17-15-11-22(9-10-27-4)28(25,26)16-8-6-5-7-14(16)23(15)13-21-17/h5-8,13H,9-12H2,1-4H3,(H,20,24). The Balaban J connectivity index is 2.07. The van der Waals surface area contributed by atoms with Gasteiger partial charge < -0.3 is 10.1 Å². The van der Waals surface area contributed by atoms with Gasteiger partial charge in [-0.3, -0.25) is 9.36 Å². The minimum atomic E-state index is -3.73. The largest absolute Gasteiger partial charge is 0.383 e. The van der Waals surface area contributed by atoms with Crippen molar-refractivity contribution in [1.29, 1.82) is 0 Å². The number of nitrogens with zero attached hydrogens (tertiary/aromatic N) is 3. The second-order valence-electron chi connectivity index (χ2n) is 7.95. The molecule has 152 valence electrons. The number of hydrogen-bond donors (Lipinski definition) is 1. The first-order valence-corrected chi connectivity index (χ1v) is 10.5. The molecular formula is C19H26N4O4S. The van der Waals surface area contributed by atoms with E-state index >= 15 is 0 Å². The van der Waals surface area contributed by atoms with Crippen molar-refractivity contribution in [3.8, 4) is 5.69 Å². The predicted octanol–water partition coefficient (Wildman–Crippen LogP) is 1.80. The smallest absolute Gasteiger partial charge is 0.271 e. The fourth-order valence-electron chi connectivity index (χ4n) is 3.01. The Hall–Kier alpha value is -2.23. The molecule has 0 saturated heterocycles. The summed E-state index contributed by atoms with van der Waals surface area (Å²) in [5.74, 6) is -0.313. The number of rotatable bonds is 5. The molecule has 1 amide bonds. The molecule has 0 bridgehead atoms. The molecule has 0 saturated carbocycles. The van der Waals surface area contributed by atoms with E-state index in [0.29, 0.717) is 17.9 Å². The molecular weight excluding hydrogens is 380 g/mol. The number of fused-ring (bicyclic) bond motifs is 3. The summed E-state index contributed by atoms with van der Waals surface area (Å²) in [6.07, 6.45) is 1.51. The van der Waals surface area contributed by atoms with E-state index in [2.05, 4.69) is 10.3 Å². The normalized spacial score (nSPS) is 16.1. The molecule has 9 heteroatoms. The van der Waals surface area contributed by atoms with Crippen LogP contribution in [0.15, 0.2) is 35.5 Å². The van der Waals surface area contributed by atoms with Crippen molar-refractivity contribution < 1.29 is 17.9 Å². The van der Waals surface area contributed by atoms with Gasteiger partial charge in [-0.15, -0.1) is 0 Å². The lowest BCUT2D eigenvalue weighted by Crippen LogP contribution is -2.35. The molecule has 0 spiro atoms. The van der Waals surface area contributed by atoms with Gasteiger partial charge in [-0.25, -0.2) is 13.4 Å². The zero-order valence-electron chi connectivity index (χ0n) is 16.6. The van der Waals surface area contributed by atoms with Gasteiger partial charge in [-0.2, -0.15) is 4.31 Å². The molecule has 1 aromatic carbocycles. The zero-order valence-corrected chi connectivity index (χ0v) is 17.4. The van der Waals surface area contributed by atoms with E-state index in [1.54, 1.807) is 28.8 Å². The summed E-state index contributed by atoms with van der Waals surface area (Å²) in [5, 5.41) is 2.89. The van der Waals surface area contributed by atoms with Crippen LogP contribution in [-0.2, 0) is 21.3 Å². The maximum Gasteiger partial charge on any atom is 0.271 e. The molecule has 0 atom stereocenters. The highest BCUT2D eigenvalue weighted by Crippen LogP contribution is 2.31. The van der Waals surface area contributed by atoms with Crippen molar-refractivity contribution >= 4 is 15.9 Å². The number of hydrogen-bond acceptors (Lipinski definition) is 5. The van der Waals surface area contributed by atoms with Crippen molar-refractivity contribution in [2.24, 2.45) is 5.41 Å². The Kier molecular flexibility index (Phi) is 5.60. The van der Waals surface area contributed by atoms with Gasteiger partial charge in [0.05, 0.1) is 24.5 Å². The molecule has 2 heterocycles. The molecule has 0 unspecified atom stereocenters. The van der Waals surface area contributed by atoms with E-state index in [0.717, 1.165) is 0 Å². The van der Waals surface area contributed by atoms with Crippen molar-refractivity contribution in [2.45, 2.75) is 32.2 Å². The van der Waals surface area contributed by atoms with Crippen LogP contribution in [0.5, 0.6) is 0 Å². The average Bonchev–Trinajstić information content (AvgIpc) is 3.02. The molecule has 8 nitrogen and oxygen atoms in total. The van der Waals surface area contributed by atoms with Crippen LogP contribution >= 0.6 is 0 Å². The van der Waals surface area contributed by atoms with Crippen LogP contribution < -0.4 is 5.32 Å². The van der Waals surface area contributed by atoms with Crippen LogP contribution in [0.4, 0.5) is 0 Å². The van der Waals surface area contributed by atoms with Gasteiger partial charge in [0.15, 0.2) is 5.69 Å². The predicted molar refractivity (Wildman–Crippen MR) is 105 cm³/mol. The zero-order chi connectivity index (χ0) is 20.5. The molecule has 2 aromatic rings.